The smallest absolute Gasteiger partial charge is 0.259 e. The Bertz CT molecular complexity index is 384. The van der Waals surface area contributed by atoms with E-state index in [4.69, 9.17) is 4.74 Å². The maximum absolute atomic E-state index is 11.4. The van der Waals surface area contributed by atoms with Gasteiger partial charge in [0.15, 0.2) is 0 Å². The Balaban J connectivity index is 1.76. The van der Waals surface area contributed by atoms with E-state index in [0.717, 1.165) is 0 Å². The molecular weight excluding hydrogens is 232 g/mol. The highest BCUT2D eigenvalue weighted by Gasteiger charge is 2.38. The first-order chi connectivity index (χ1) is 7.41. The van der Waals surface area contributed by atoms with Gasteiger partial charge in [-0.3, -0.25) is 9.52 Å². The second kappa shape index (κ2) is 3.97. The first-order valence-electron chi connectivity index (χ1n) is 5.30. The summed E-state index contributed by atoms with van der Waals surface area (Å²) in [5.74, 6) is -0.583. The molecule has 0 unspecified atom stereocenters. The van der Waals surface area contributed by atoms with Gasteiger partial charge in [0.25, 0.3) is 5.91 Å². The summed E-state index contributed by atoms with van der Waals surface area (Å²) in [6, 6.07) is 0. The molecule has 0 bridgehead atoms. The van der Waals surface area contributed by atoms with E-state index in [1.165, 1.54) is 0 Å². The standard InChI is InChI=1S/C9H16N2O4S/c1-9(5-10-6-9)15-4-8(12)11-16(13,14)7-2-3-7/h7,10H,2-6H2,1H3,(H,11,12). The van der Waals surface area contributed by atoms with Gasteiger partial charge in [0.2, 0.25) is 10.0 Å². The first kappa shape index (κ1) is 11.8. The average Bonchev–Trinajstić information content (AvgIpc) is 2.93. The van der Waals surface area contributed by atoms with Gasteiger partial charge in [-0.1, -0.05) is 0 Å². The van der Waals surface area contributed by atoms with Crippen LogP contribution in [0, 0.1) is 0 Å². The molecule has 0 aromatic rings. The molecule has 0 atom stereocenters. The van der Waals surface area contributed by atoms with E-state index in [0.29, 0.717) is 25.9 Å². The van der Waals surface area contributed by atoms with E-state index in [1.807, 2.05) is 11.6 Å². The van der Waals surface area contributed by atoms with Crippen molar-refractivity contribution in [2.45, 2.75) is 30.6 Å². The Morgan fingerprint density at radius 1 is 1.50 bits per heavy atom. The molecule has 0 aromatic heterocycles. The quantitative estimate of drug-likeness (QED) is 0.650. The highest BCUT2D eigenvalue weighted by Crippen LogP contribution is 2.27. The topological polar surface area (TPSA) is 84.5 Å². The molecule has 1 heterocycles. The minimum atomic E-state index is -3.44. The van der Waals surface area contributed by atoms with E-state index in [2.05, 4.69) is 5.32 Å². The summed E-state index contributed by atoms with van der Waals surface area (Å²) in [5, 5.41) is 2.65. The summed E-state index contributed by atoms with van der Waals surface area (Å²) in [5.41, 5.74) is -0.333. The maximum atomic E-state index is 11.4. The number of hydrogen-bond acceptors (Lipinski definition) is 5. The maximum Gasteiger partial charge on any atom is 0.259 e. The van der Waals surface area contributed by atoms with Crippen molar-refractivity contribution in [1.29, 1.82) is 0 Å². The normalized spacial score (nSPS) is 23.6. The van der Waals surface area contributed by atoms with E-state index in [1.54, 1.807) is 0 Å². The van der Waals surface area contributed by atoms with Crippen LogP contribution in [0.15, 0.2) is 0 Å². The Labute approximate surface area is 94.8 Å². The van der Waals surface area contributed by atoms with E-state index >= 15 is 0 Å². The van der Waals surface area contributed by atoms with Gasteiger partial charge in [-0.2, -0.15) is 0 Å². The zero-order valence-electron chi connectivity index (χ0n) is 9.15. The molecule has 2 aliphatic rings. The Morgan fingerprint density at radius 3 is 2.56 bits per heavy atom. The van der Waals surface area contributed by atoms with Crippen molar-refractivity contribution < 1.29 is 17.9 Å². The Kier molecular flexibility index (Phi) is 2.93. The molecule has 0 radical (unpaired) electrons. The molecule has 0 spiro atoms. The van der Waals surface area contributed by atoms with E-state index in [-0.39, 0.29) is 17.5 Å². The predicted molar refractivity (Wildman–Crippen MR) is 57.3 cm³/mol. The van der Waals surface area contributed by atoms with Crippen LogP contribution in [0.25, 0.3) is 0 Å². The summed E-state index contributed by atoms with van der Waals surface area (Å²) < 4.78 is 30.2. The van der Waals surface area contributed by atoms with Crippen LogP contribution in [0.4, 0.5) is 0 Å². The molecule has 1 aliphatic heterocycles. The number of rotatable bonds is 5. The van der Waals surface area contributed by atoms with Gasteiger partial charge in [-0.25, -0.2) is 8.42 Å². The van der Waals surface area contributed by atoms with Crippen LogP contribution in [-0.4, -0.2) is 44.9 Å². The van der Waals surface area contributed by atoms with Crippen molar-refractivity contribution in [2.75, 3.05) is 19.7 Å². The monoisotopic (exact) mass is 248 g/mol. The number of nitrogens with one attached hydrogen (secondary N) is 2. The zero-order chi connectivity index (χ0) is 11.8. The zero-order valence-corrected chi connectivity index (χ0v) is 9.97. The fourth-order valence-electron chi connectivity index (χ4n) is 1.47. The average molecular weight is 248 g/mol. The van der Waals surface area contributed by atoms with Crippen LogP contribution in [0.2, 0.25) is 0 Å². The summed E-state index contributed by atoms with van der Waals surface area (Å²) in [4.78, 5) is 11.3. The SMILES string of the molecule is CC1(OCC(=O)NS(=O)(=O)C2CC2)CNC1. The van der Waals surface area contributed by atoms with Crippen LogP contribution >= 0.6 is 0 Å². The number of sulfonamides is 1. The lowest BCUT2D eigenvalue weighted by Crippen LogP contribution is -2.59. The molecule has 7 heteroatoms. The number of hydrogen-bond donors (Lipinski definition) is 2. The van der Waals surface area contributed by atoms with Crippen molar-refractivity contribution >= 4 is 15.9 Å². The predicted octanol–water partition coefficient (Wildman–Crippen LogP) is -1.03. The van der Waals surface area contributed by atoms with Gasteiger partial charge in [0.1, 0.15) is 6.61 Å². The Morgan fingerprint density at radius 2 is 2.12 bits per heavy atom. The van der Waals surface area contributed by atoms with Gasteiger partial charge >= 0.3 is 0 Å². The number of carbonyl (C=O) groups excluding carboxylic acids is 1. The fraction of sp³-hybridized carbons (Fsp3) is 0.889. The molecule has 2 rings (SSSR count). The summed E-state index contributed by atoms with van der Waals surface area (Å²) in [6.07, 6.45) is 1.29. The molecule has 16 heavy (non-hydrogen) atoms. The summed E-state index contributed by atoms with van der Waals surface area (Å²) in [6.45, 7) is 3.06. The second-order valence-corrected chi connectivity index (χ2v) is 6.57. The molecule has 1 amide bonds. The van der Waals surface area contributed by atoms with Crippen LogP contribution in [0.3, 0.4) is 0 Å². The van der Waals surface area contributed by atoms with Crippen molar-refractivity contribution in [2.24, 2.45) is 0 Å². The summed E-state index contributed by atoms with van der Waals surface area (Å²) >= 11 is 0. The van der Waals surface area contributed by atoms with E-state index < -0.39 is 15.9 Å². The van der Waals surface area contributed by atoms with Gasteiger partial charge in [0.05, 0.1) is 10.9 Å². The van der Waals surface area contributed by atoms with Gasteiger partial charge in [-0.05, 0) is 19.8 Å². The van der Waals surface area contributed by atoms with Crippen molar-refractivity contribution in [3.63, 3.8) is 0 Å². The van der Waals surface area contributed by atoms with Crippen molar-refractivity contribution in [3.05, 3.63) is 0 Å². The van der Waals surface area contributed by atoms with Gasteiger partial charge < -0.3 is 10.1 Å². The number of ether oxygens (including phenoxy) is 1. The third kappa shape index (κ3) is 2.72. The lowest BCUT2D eigenvalue weighted by atomic mass is 10.0. The first-order valence-corrected chi connectivity index (χ1v) is 6.85. The van der Waals surface area contributed by atoms with Crippen LogP contribution in [0.1, 0.15) is 19.8 Å². The molecule has 2 N–H and O–H groups in total. The molecule has 1 aliphatic carbocycles. The highest BCUT2D eigenvalue weighted by atomic mass is 32.2. The van der Waals surface area contributed by atoms with Crippen LogP contribution < -0.4 is 10.0 Å². The van der Waals surface area contributed by atoms with Crippen molar-refractivity contribution in [1.82, 2.24) is 10.0 Å². The second-order valence-electron chi connectivity index (χ2n) is 4.61. The van der Waals surface area contributed by atoms with E-state index in [9.17, 15) is 13.2 Å². The number of amides is 1. The third-order valence-corrected chi connectivity index (χ3v) is 4.63. The van der Waals surface area contributed by atoms with Gasteiger partial charge in [0, 0.05) is 13.1 Å². The fourth-order valence-corrected chi connectivity index (χ4v) is 2.77. The molecule has 1 saturated carbocycles. The number of carbonyl (C=O) groups is 1. The largest absolute Gasteiger partial charge is 0.363 e. The molecule has 6 nitrogen and oxygen atoms in total. The molecule has 0 aromatic carbocycles. The van der Waals surface area contributed by atoms with Crippen molar-refractivity contribution in [3.8, 4) is 0 Å². The van der Waals surface area contributed by atoms with Gasteiger partial charge in [-0.15, -0.1) is 0 Å². The minimum absolute atomic E-state index is 0.204. The Hall–Kier alpha value is -0.660. The van der Waals surface area contributed by atoms with Crippen LogP contribution in [-0.2, 0) is 19.6 Å². The summed E-state index contributed by atoms with van der Waals surface area (Å²) in [7, 11) is -3.44. The molecule has 1 saturated heterocycles. The highest BCUT2D eigenvalue weighted by molar-refractivity contribution is 7.90. The lowest BCUT2D eigenvalue weighted by molar-refractivity contribution is -0.134. The molecule has 92 valence electrons. The third-order valence-electron chi connectivity index (χ3n) is 2.77. The van der Waals surface area contributed by atoms with Crippen LogP contribution in [0.5, 0.6) is 0 Å². The lowest BCUT2D eigenvalue weighted by Gasteiger charge is -2.38. The molecular formula is C9H16N2O4S. The minimum Gasteiger partial charge on any atom is -0.363 e. The molecule has 2 fully saturated rings.